The number of carbonyl (C=O) groups excluding carboxylic acids is 2. The van der Waals surface area contributed by atoms with Crippen LogP contribution < -0.4 is 20.1 Å². The standard InChI is InChI=1S/C23H30N2O4/c1-6-11-29-20-10-9-18(13-21(20)28-5)17(4)25-22(26)14-24-23(27)19-8-7-15(2)16(3)12-19/h7-10,12-13,17H,6,11,14H2,1-5H3,(H,24,27)(H,25,26). The first-order chi connectivity index (χ1) is 13.8. The lowest BCUT2D eigenvalue weighted by atomic mass is 10.1. The molecule has 0 radical (unpaired) electrons. The van der Waals surface area contributed by atoms with Crippen molar-refractivity contribution < 1.29 is 19.1 Å². The largest absolute Gasteiger partial charge is 0.493 e. The predicted molar refractivity (Wildman–Crippen MR) is 114 cm³/mol. The average molecular weight is 399 g/mol. The third kappa shape index (κ3) is 6.24. The van der Waals surface area contributed by atoms with Crippen LogP contribution in [0.4, 0.5) is 0 Å². The lowest BCUT2D eigenvalue weighted by Crippen LogP contribution is -2.38. The molecule has 0 saturated heterocycles. The van der Waals surface area contributed by atoms with Crippen LogP contribution in [-0.4, -0.2) is 32.1 Å². The molecule has 0 bridgehead atoms. The molecule has 1 unspecified atom stereocenters. The van der Waals surface area contributed by atoms with Gasteiger partial charge in [0.25, 0.3) is 5.91 Å². The number of rotatable bonds is 9. The Bertz CT molecular complexity index is 864. The van der Waals surface area contributed by atoms with Gasteiger partial charge in [-0.2, -0.15) is 0 Å². The normalized spacial score (nSPS) is 11.5. The molecule has 6 heteroatoms. The Kier molecular flexibility index (Phi) is 8.07. The van der Waals surface area contributed by atoms with Gasteiger partial charge in [-0.05, 0) is 68.1 Å². The molecule has 156 valence electrons. The van der Waals surface area contributed by atoms with Crippen molar-refractivity contribution in [1.82, 2.24) is 10.6 Å². The minimum atomic E-state index is -0.269. The van der Waals surface area contributed by atoms with Crippen LogP contribution in [0.5, 0.6) is 11.5 Å². The van der Waals surface area contributed by atoms with Gasteiger partial charge in [-0.25, -0.2) is 0 Å². The highest BCUT2D eigenvalue weighted by Crippen LogP contribution is 2.30. The Labute approximate surface area is 172 Å². The fourth-order valence-corrected chi connectivity index (χ4v) is 2.81. The van der Waals surface area contributed by atoms with Gasteiger partial charge in [-0.15, -0.1) is 0 Å². The van der Waals surface area contributed by atoms with Crippen LogP contribution >= 0.6 is 0 Å². The maximum Gasteiger partial charge on any atom is 0.251 e. The molecule has 6 nitrogen and oxygen atoms in total. The molecule has 0 aliphatic rings. The van der Waals surface area contributed by atoms with Gasteiger partial charge in [-0.1, -0.05) is 19.1 Å². The molecule has 0 heterocycles. The molecule has 2 aromatic rings. The summed E-state index contributed by atoms with van der Waals surface area (Å²) in [6.45, 7) is 8.38. The Morgan fingerprint density at radius 2 is 1.79 bits per heavy atom. The molecule has 1 atom stereocenters. The third-order valence-corrected chi connectivity index (χ3v) is 4.71. The van der Waals surface area contributed by atoms with Gasteiger partial charge in [0.2, 0.25) is 5.91 Å². The van der Waals surface area contributed by atoms with E-state index in [2.05, 4.69) is 10.6 Å². The van der Waals surface area contributed by atoms with E-state index in [9.17, 15) is 9.59 Å². The molecule has 29 heavy (non-hydrogen) atoms. The fourth-order valence-electron chi connectivity index (χ4n) is 2.81. The molecule has 0 aliphatic heterocycles. The van der Waals surface area contributed by atoms with Crippen molar-refractivity contribution in [1.29, 1.82) is 0 Å². The maximum absolute atomic E-state index is 12.3. The minimum absolute atomic E-state index is 0.0923. The van der Waals surface area contributed by atoms with Crippen molar-refractivity contribution in [2.24, 2.45) is 0 Å². The van der Waals surface area contributed by atoms with Crippen molar-refractivity contribution in [3.05, 3.63) is 58.7 Å². The number of hydrogen-bond acceptors (Lipinski definition) is 4. The minimum Gasteiger partial charge on any atom is -0.493 e. The van der Waals surface area contributed by atoms with Gasteiger partial charge in [0, 0.05) is 5.56 Å². The van der Waals surface area contributed by atoms with Gasteiger partial charge in [0.05, 0.1) is 26.3 Å². The van der Waals surface area contributed by atoms with Crippen LogP contribution in [0.1, 0.15) is 53.4 Å². The summed E-state index contributed by atoms with van der Waals surface area (Å²) in [5.74, 6) is 0.771. The topological polar surface area (TPSA) is 76.7 Å². The van der Waals surface area contributed by atoms with Gasteiger partial charge < -0.3 is 20.1 Å². The SMILES string of the molecule is CCCOc1ccc(C(C)NC(=O)CNC(=O)c2ccc(C)c(C)c2)cc1OC. The Morgan fingerprint density at radius 3 is 2.45 bits per heavy atom. The number of nitrogens with one attached hydrogen (secondary N) is 2. The van der Waals surface area contributed by atoms with Crippen LogP contribution in [0, 0.1) is 13.8 Å². The zero-order valence-electron chi connectivity index (χ0n) is 17.8. The van der Waals surface area contributed by atoms with E-state index in [0.717, 1.165) is 23.1 Å². The van der Waals surface area contributed by atoms with E-state index in [4.69, 9.17) is 9.47 Å². The number of aryl methyl sites for hydroxylation is 2. The molecule has 2 aromatic carbocycles. The van der Waals surface area contributed by atoms with Crippen LogP contribution in [-0.2, 0) is 4.79 Å². The average Bonchev–Trinajstić information content (AvgIpc) is 2.72. The van der Waals surface area contributed by atoms with Crippen molar-refractivity contribution in [2.45, 2.75) is 40.2 Å². The number of hydrogen-bond donors (Lipinski definition) is 2. The highest BCUT2D eigenvalue weighted by molar-refractivity contribution is 5.96. The van der Waals surface area contributed by atoms with Crippen molar-refractivity contribution >= 4 is 11.8 Å². The van der Waals surface area contributed by atoms with E-state index in [1.165, 1.54) is 0 Å². The number of benzene rings is 2. The van der Waals surface area contributed by atoms with E-state index in [0.29, 0.717) is 23.7 Å². The van der Waals surface area contributed by atoms with Crippen LogP contribution in [0.2, 0.25) is 0 Å². The highest BCUT2D eigenvalue weighted by atomic mass is 16.5. The molecule has 2 amide bonds. The number of ether oxygens (including phenoxy) is 2. The van der Waals surface area contributed by atoms with Gasteiger partial charge in [-0.3, -0.25) is 9.59 Å². The van der Waals surface area contributed by atoms with Gasteiger partial charge in [0.1, 0.15) is 0 Å². The molecule has 0 spiro atoms. The summed E-state index contributed by atoms with van der Waals surface area (Å²) < 4.78 is 11.0. The monoisotopic (exact) mass is 398 g/mol. The second kappa shape index (κ2) is 10.5. The van der Waals surface area contributed by atoms with Crippen LogP contribution in [0.15, 0.2) is 36.4 Å². The third-order valence-electron chi connectivity index (χ3n) is 4.71. The first-order valence-electron chi connectivity index (χ1n) is 9.81. The lowest BCUT2D eigenvalue weighted by molar-refractivity contribution is -0.120. The zero-order chi connectivity index (χ0) is 21.4. The molecule has 2 rings (SSSR count). The van der Waals surface area contributed by atoms with E-state index in [1.54, 1.807) is 13.2 Å². The number of methoxy groups -OCH3 is 1. The second-order valence-electron chi connectivity index (χ2n) is 7.03. The van der Waals surface area contributed by atoms with E-state index < -0.39 is 0 Å². The molecular formula is C23H30N2O4. The quantitative estimate of drug-likeness (QED) is 0.675. The summed E-state index contributed by atoms with van der Waals surface area (Å²) in [4.78, 5) is 24.5. The molecule has 0 aliphatic carbocycles. The lowest BCUT2D eigenvalue weighted by Gasteiger charge is -2.17. The predicted octanol–water partition coefficient (Wildman–Crippen LogP) is 3.71. The van der Waals surface area contributed by atoms with Crippen molar-refractivity contribution in [3.8, 4) is 11.5 Å². The first kappa shape index (κ1) is 22.3. The van der Waals surface area contributed by atoms with Crippen molar-refractivity contribution in [3.63, 3.8) is 0 Å². The van der Waals surface area contributed by atoms with E-state index >= 15 is 0 Å². The van der Waals surface area contributed by atoms with Crippen molar-refractivity contribution in [2.75, 3.05) is 20.3 Å². The summed E-state index contributed by atoms with van der Waals surface area (Å²) in [6, 6.07) is 10.8. The summed E-state index contributed by atoms with van der Waals surface area (Å²) in [5.41, 5.74) is 3.59. The molecular weight excluding hydrogens is 368 g/mol. The fraction of sp³-hybridized carbons (Fsp3) is 0.391. The second-order valence-corrected chi connectivity index (χ2v) is 7.03. The molecule has 0 saturated carbocycles. The first-order valence-corrected chi connectivity index (χ1v) is 9.81. The number of amides is 2. The maximum atomic E-state index is 12.3. The molecule has 0 fully saturated rings. The zero-order valence-corrected chi connectivity index (χ0v) is 17.8. The van der Waals surface area contributed by atoms with Crippen LogP contribution in [0.3, 0.4) is 0 Å². The summed E-state index contributed by atoms with van der Waals surface area (Å²) in [5, 5.41) is 5.55. The van der Waals surface area contributed by atoms with E-state index in [-0.39, 0.29) is 24.4 Å². The Morgan fingerprint density at radius 1 is 1.03 bits per heavy atom. The molecule has 0 aromatic heterocycles. The number of carbonyl (C=O) groups is 2. The summed E-state index contributed by atoms with van der Waals surface area (Å²) in [7, 11) is 1.59. The van der Waals surface area contributed by atoms with Gasteiger partial charge >= 0.3 is 0 Å². The van der Waals surface area contributed by atoms with Crippen LogP contribution in [0.25, 0.3) is 0 Å². The Balaban J connectivity index is 1.92. The summed E-state index contributed by atoms with van der Waals surface area (Å²) in [6.07, 6.45) is 0.908. The summed E-state index contributed by atoms with van der Waals surface area (Å²) >= 11 is 0. The smallest absolute Gasteiger partial charge is 0.251 e. The Hall–Kier alpha value is -3.02. The van der Waals surface area contributed by atoms with E-state index in [1.807, 2.05) is 58.0 Å². The van der Waals surface area contributed by atoms with Gasteiger partial charge in [0.15, 0.2) is 11.5 Å². The highest BCUT2D eigenvalue weighted by Gasteiger charge is 2.14. The molecule has 2 N–H and O–H groups in total.